The van der Waals surface area contributed by atoms with Crippen LogP contribution in [0, 0.1) is 0 Å². The van der Waals surface area contributed by atoms with E-state index >= 15 is 0 Å². The highest BCUT2D eigenvalue weighted by molar-refractivity contribution is 6.27. The first-order valence-electron chi connectivity index (χ1n) is 19.7. The predicted octanol–water partition coefficient (Wildman–Crippen LogP) is 15.9. The van der Waals surface area contributed by atoms with Crippen molar-refractivity contribution in [3.63, 3.8) is 0 Å². The third-order valence-electron chi connectivity index (χ3n) is 11.5. The topological polar surface area (TPSA) is 3.24 Å². The van der Waals surface area contributed by atoms with Crippen LogP contribution in [-0.4, -0.2) is 0 Å². The van der Waals surface area contributed by atoms with Crippen LogP contribution in [0.15, 0.2) is 224 Å². The number of hydrogen-bond donors (Lipinski definition) is 0. The second-order valence-corrected chi connectivity index (χ2v) is 15.0. The van der Waals surface area contributed by atoms with E-state index in [4.69, 9.17) is 0 Å². The van der Waals surface area contributed by atoms with E-state index in [1.54, 1.807) is 0 Å². The van der Waals surface area contributed by atoms with Gasteiger partial charge in [0.1, 0.15) is 0 Å². The van der Waals surface area contributed by atoms with Crippen LogP contribution in [-0.2, 0) is 0 Å². The van der Waals surface area contributed by atoms with Crippen LogP contribution in [0.2, 0.25) is 0 Å². The van der Waals surface area contributed by atoms with Crippen molar-refractivity contribution in [1.29, 1.82) is 0 Å². The second kappa shape index (κ2) is 13.7. The van der Waals surface area contributed by atoms with Crippen LogP contribution >= 0.6 is 0 Å². The van der Waals surface area contributed by atoms with Gasteiger partial charge in [0.15, 0.2) is 0 Å². The summed E-state index contributed by atoms with van der Waals surface area (Å²) in [5, 5.41) is 12.6. The van der Waals surface area contributed by atoms with E-state index in [0.29, 0.717) is 0 Å². The highest BCUT2D eigenvalue weighted by Crippen LogP contribution is 2.42. The molecule has 0 saturated carbocycles. The van der Waals surface area contributed by atoms with Crippen molar-refractivity contribution in [2.45, 2.75) is 0 Å². The van der Waals surface area contributed by atoms with Crippen molar-refractivity contribution in [2.24, 2.45) is 0 Å². The number of benzene rings is 11. The summed E-state index contributed by atoms with van der Waals surface area (Å²) in [4.78, 5) is 2.40. The number of anilines is 3. The molecule has 0 amide bonds. The van der Waals surface area contributed by atoms with E-state index in [2.05, 4.69) is 229 Å². The molecule has 0 bridgehead atoms. The largest absolute Gasteiger partial charge is 0.310 e. The van der Waals surface area contributed by atoms with Gasteiger partial charge in [-0.15, -0.1) is 0 Å². The standard InChI is InChI=1S/C56H37N/c1-3-11-38(12-4-1)44-16-9-18-50(34-44)57(52-32-31-47-33-46(29-30-48(47)36-52)39-13-5-2-6-14-39)51-19-10-17-45(35-51)49-28-23-41-22-25-43-27-26-42-24-21-40-15-7-8-20-53(40)55(42)56(43)54(41)37-49/h1-37H. The van der Waals surface area contributed by atoms with Gasteiger partial charge in [-0.25, -0.2) is 0 Å². The van der Waals surface area contributed by atoms with Crippen LogP contribution in [0.1, 0.15) is 0 Å². The fourth-order valence-electron chi connectivity index (χ4n) is 8.73. The molecule has 0 heterocycles. The number of rotatable bonds is 6. The van der Waals surface area contributed by atoms with E-state index in [1.165, 1.54) is 87.2 Å². The van der Waals surface area contributed by atoms with Gasteiger partial charge in [-0.05, 0) is 136 Å². The number of hydrogen-bond acceptors (Lipinski definition) is 1. The molecular weight excluding hydrogens is 687 g/mol. The van der Waals surface area contributed by atoms with E-state index in [1.807, 2.05) is 0 Å². The van der Waals surface area contributed by atoms with Crippen molar-refractivity contribution in [1.82, 2.24) is 0 Å². The zero-order valence-corrected chi connectivity index (χ0v) is 31.3. The van der Waals surface area contributed by atoms with Gasteiger partial charge in [0.05, 0.1) is 0 Å². The summed E-state index contributed by atoms with van der Waals surface area (Å²) >= 11 is 0. The minimum absolute atomic E-state index is 1.10. The van der Waals surface area contributed by atoms with Gasteiger partial charge >= 0.3 is 0 Å². The Hall–Kier alpha value is -7.48. The molecule has 0 aliphatic carbocycles. The van der Waals surface area contributed by atoms with E-state index in [9.17, 15) is 0 Å². The van der Waals surface area contributed by atoms with Gasteiger partial charge in [-0.1, -0.05) is 176 Å². The van der Waals surface area contributed by atoms with Crippen molar-refractivity contribution >= 4 is 70.9 Å². The molecule has 1 nitrogen and oxygen atoms in total. The zero-order valence-electron chi connectivity index (χ0n) is 31.3. The lowest BCUT2D eigenvalue weighted by atomic mass is 9.91. The Morgan fingerprint density at radius 1 is 0.211 bits per heavy atom. The Labute approximate surface area is 332 Å². The Kier molecular flexibility index (Phi) is 7.89. The molecule has 266 valence electrons. The van der Waals surface area contributed by atoms with Gasteiger partial charge in [-0.2, -0.15) is 0 Å². The molecule has 11 rings (SSSR count). The monoisotopic (exact) mass is 723 g/mol. The molecule has 0 spiro atoms. The summed E-state index contributed by atoms with van der Waals surface area (Å²) in [6, 6.07) is 82.1. The molecule has 0 radical (unpaired) electrons. The highest BCUT2D eigenvalue weighted by Gasteiger charge is 2.16. The van der Waals surface area contributed by atoms with Gasteiger partial charge in [0.25, 0.3) is 0 Å². The molecule has 0 aromatic heterocycles. The van der Waals surface area contributed by atoms with Gasteiger partial charge in [0.2, 0.25) is 0 Å². The molecule has 11 aromatic rings. The van der Waals surface area contributed by atoms with Crippen LogP contribution in [0.3, 0.4) is 0 Å². The first-order valence-corrected chi connectivity index (χ1v) is 19.7. The molecule has 0 N–H and O–H groups in total. The molecule has 11 aromatic carbocycles. The lowest BCUT2D eigenvalue weighted by Gasteiger charge is -2.27. The summed E-state index contributed by atoms with van der Waals surface area (Å²) in [6.07, 6.45) is 0. The molecule has 1 heteroatoms. The van der Waals surface area contributed by atoms with Crippen molar-refractivity contribution < 1.29 is 0 Å². The minimum Gasteiger partial charge on any atom is -0.310 e. The van der Waals surface area contributed by atoms with Crippen LogP contribution < -0.4 is 4.90 Å². The Balaban J connectivity index is 1.07. The van der Waals surface area contributed by atoms with Gasteiger partial charge in [0, 0.05) is 17.1 Å². The predicted molar refractivity (Wildman–Crippen MR) is 245 cm³/mol. The van der Waals surface area contributed by atoms with Crippen molar-refractivity contribution in [3.05, 3.63) is 224 Å². The lowest BCUT2D eigenvalue weighted by molar-refractivity contribution is 1.29. The second-order valence-electron chi connectivity index (χ2n) is 15.0. The molecule has 0 aliphatic heterocycles. The smallest absolute Gasteiger partial charge is 0.0468 e. The number of fused-ring (bicyclic) bond motifs is 8. The molecule has 0 aliphatic rings. The maximum atomic E-state index is 2.40. The van der Waals surface area contributed by atoms with Gasteiger partial charge in [-0.3, -0.25) is 0 Å². The Morgan fingerprint density at radius 3 is 1.30 bits per heavy atom. The SMILES string of the molecule is c1ccc(-c2cccc(N(c3cccc(-c4ccc5ccc6ccc7ccc8ccccc8c7c6c5c4)c3)c3ccc4cc(-c5ccccc5)ccc4c3)c2)cc1. The molecule has 0 fully saturated rings. The highest BCUT2D eigenvalue weighted by atomic mass is 15.1. The summed E-state index contributed by atoms with van der Waals surface area (Å²) < 4.78 is 0. The normalized spacial score (nSPS) is 11.5. The molecule has 0 atom stereocenters. The zero-order chi connectivity index (χ0) is 37.7. The van der Waals surface area contributed by atoms with E-state index < -0.39 is 0 Å². The van der Waals surface area contributed by atoms with Crippen molar-refractivity contribution in [3.8, 4) is 33.4 Å². The van der Waals surface area contributed by atoms with Crippen LogP contribution in [0.5, 0.6) is 0 Å². The minimum atomic E-state index is 1.10. The lowest BCUT2D eigenvalue weighted by Crippen LogP contribution is -2.10. The quantitative estimate of drug-likeness (QED) is 0.154. The summed E-state index contributed by atoms with van der Waals surface area (Å²) in [6.45, 7) is 0. The molecule has 0 unspecified atom stereocenters. The average Bonchev–Trinajstić information content (AvgIpc) is 3.29. The molecule has 0 saturated heterocycles. The Morgan fingerprint density at radius 2 is 0.632 bits per heavy atom. The number of nitrogens with zero attached hydrogens (tertiary/aromatic N) is 1. The van der Waals surface area contributed by atoms with E-state index in [-0.39, 0.29) is 0 Å². The maximum Gasteiger partial charge on any atom is 0.0468 e. The fraction of sp³-hybridized carbons (Fsp3) is 0. The van der Waals surface area contributed by atoms with Crippen LogP contribution in [0.4, 0.5) is 17.1 Å². The first kappa shape index (κ1) is 32.9. The maximum absolute atomic E-state index is 2.40. The fourth-order valence-corrected chi connectivity index (χ4v) is 8.73. The third-order valence-corrected chi connectivity index (χ3v) is 11.5. The van der Waals surface area contributed by atoms with E-state index in [0.717, 1.165) is 17.1 Å². The Bertz CT molecular complexity index is 3280. The van der Waals surface area contributed by atoms with Gasteiger partial charge < -0.3 is 4.90 Å². The van der Waals surface area contributed by atoms with Crippen LogP contribution in [0.25, 0.3) is 87.2 Å². The molecular formula is C56H37N. The third kappa shape index (κ3) is 5.89. The average molecular weight is 724 g/mol. The van der Waals surface area contributed by atoms with Crippen molar-refractivity contribution in [2.75, 3.05) is 4.90 Å². The first-order chi connectivity index (χ1) is 28.2. The summed E-state index contributed by atoms with van der Waals surface area (Å²) in [5.74, 6) is 0. The summed E-state index contributed by atoms with van der Waals surface area (Å²) in [7, 11) is 0. The molecule has 57 heavy (non-hydrogen) atoms. The summed E-state index contributed by atoms with van der Waals surface area (Å²) in [5.41, 5.74) is 10.5.